The molecule has 0 saturated heterocycles. The quantitative estimate of drug-likeness (QED) is 0.350. The van der Waals surface area contributed by atoms with Gasteiger partial charge < -0.3 is 15.5 Å². The SMILES string of the molecule is CCC(CC(=O)O)c1ccc(O)c(NC(=O)/C=C/C=C/CC(C)C)c1. The third kappa shape index (κ3) is 7.70. The number of carboxylic acids is 1. The number of carboxylic acid groups (broad SMARTS) is 1. The van der Waals surface area contributed by atoms with E-state index in [9.17, 15) is 14.7 Å². The van der Waals surface area contributed by atoms with Crippen LogP contribution in [0.4, 0.5) is 5.69 Å². The number of carbonyl (C=O) groups excluding carboxylic acids is 1. The van der Waals surface area contributed by atoms with E-state index in [1.165, 1.54) is 12.1 Å². The Bertz CT molecular complexity index is 647. The van der Waals surface area contributed by atoms with Crippen molar-refractivity contribution in [3.05, 3.63) is 48.1 Å². The lowest BCUT2D eigenvalue weighted by molar-refractivity contribution is -0.137. The van der Waals surface area contributed by atoms with Crippen molar-refractivity contribution in [2.75, 3.05) is 5.32 Å². The first-order chi connectivity index (χ1) is 11.8. The van der Waals surface area contributed by atoms with Gasteiger partial charge in [0.05, 0.1) is 12.1 Å². The Morgan fingerprint density at radius 2 is 1.96 bits per heavy atom. The predicted molar refractivity (Wildman–Crippen MR) is 99.8 cm³/mol. The van der Waals surface area contributed by atoms with Gasteiger partial charge in [0.2, 0.25) is 5.91 Å². The fourth-order valence-corrected chi connectivity index (χ4v) is 2.36. The maximum atomic E-state index is 12.0. The zero-order valence-electron chi connectivity index (χ0n) is 15.0. The van der Waals surface area contributed by atoms with Gasteiger partial charge in [-0.15, -0.1) is 0 Å². The number of benzene rings is 1. The van der Waals surface area contributed by atoms with Crippen molar-refractivity contribution >= 4 is 17.6 Å². The first-order valence-electron chi connectivity index (χ1n) is 8.52. The monoisotopic (exact) mass is 345 g/mol. The van der Waals surface area contributed by atoms with Crippen molar-refractivity contribution in [3.63, 3.8) is 0 Å². The average Bonchev–Trinajstić information content (AvgIpc) is 2.54. The number of aromatic hydroxyl groups is 1. The van der Waals surface area contributed by atoms with Crippen molar-refractivity contribution in [2.24, 2.45) is 5.92 Å². The Labute approximate surface area is 149 Å². The number of aliphatic carboxylic acids is 1. The van der Waals surface area contributed by atoms with Gasteiger partial charge in [0.15, 0.2) is 0 Å². The summed E-state index contributed by atoms with van der Waals surface area (Å²) in [7, 11) is 0. The molecule has 0 aliphatic heterocycles. The van der Waals surface area contributed by atoms with Gasteiger partial charge in [0, 0.05) is 6.08 Å². The average molecular weight is 345 g/mol. The molecule has 25 heavy (non-hydrogen) atoms. The van der Waals surface area contributed by atoms with E-state index in [0.29, 0.717) is 12.3 Å². The molecule has 5 heteroatoms. The van der Waals surface area contributed by atoms with E-state index >= 15 is 0 Å². The highest BCUT2D eigenvalue weighted by molar-refractivity contribution is 6.00. The van der Waals surface area contributed by atoms with Gasteiger partial charge in [-0.25, -0.2) is 0 Å². The summed E-state index contributed by atoms with van der Waals surface area (Å²) >= 11 is 0. The van der Waals surface area contributed by atoms with Crippen molar-refractivity contribution in [3.8, 4) is 5.75 Å². The van der Waals surface area contributed by atoms with Crippen molar-refractivity contribution in [1.82, 2.24) is 0 Å². The molecule has 1 rings (SSSR count). The van der Waals surface area contributed by atoms with Gasteiger partial charge in [-0.05, 0) is 42.4 Å². The molecule has 0 aromatic heterocycles. The van der Waals surface area contributed by atoms with Crippen LogP contribution in [0.5, 0.6) is 5.75 Å². The van der Waals surface area contributed by atoms with Crippen molar-refractivity contribution in [2.45, 2.75) is 46.0 Å². The number of hydrogen-bond acceptors (Lipinski definition) is 3. The number of allylic oxidation sites excluding steroid dienone is 3. The third-order valence-corrected chi connectivity index (χ3v) is 3.77. The second kappa shape index (κ2) is 10.3. The Morgan fingerprint density at radius 1 is 1.24 bits per heavy atom. The molecule has 1 amide bonds. The first kappa shape index (κ1) is 20.5. The number of phenolic OH excluding ortho intramolecular Hbond substituents is 1. The van der Waals surface area contributed by atoms with Crippen LogP contribution in [-0.4, -0.2) is 22.1 Å². The summed E-state index contributed by atoms with van der Waals surface area (Å²) in [6.45, 7) is 6.14. The molecule has 0 aliphatic rings. The molecule has 1 aromatic carbocycles. The number of hydrogen-bond donors (Lipinski definition) is 3. The highest BCUT2D eigenvalue weighted by Gasteiger charge is 2.15. The second-order valence-corrected chi connectivity index (χ2v) is 6.39. The van der Waals surface area contributed by atoms with E-state index in [1.807, 2.05) is 19.1 Å². The first-order valence-corrected chi connectivity index (χ1v) is 8.52. The second-order valence-electron chi connectivity index (χ2n) is 6.39. The van der Waals surface area contributed by atoms with Crippen LogP contribution in [0.15, 0.2) is 42.5 Å². The molecule has 0 aliphatic carbocycles. The van der Waals surface area contributed by atoms with E-state index in [4.69, 9.17) is 5.11 Å². The number of rotatable bonds is 9. The summed E-state index contributed by atoms with van der Waals surface area (Å²) in [5, 5.41) is 21.5. The Balaban J connectivity index is 2.79. The number of amides is 1. The summed E-state index contributed by atoms with van der Waals surface area (Å²) in [6, 6.07) is 4.79. The number of carbonyl (C=O) groups is 2. The molecular weight excluding hydrogens is 318 g/mol. The largest absolute Gasteiger partial charge is 0.506 e. The normalized spacial score (nSPS) is 12.8. The molecule has 0 fully saturated rings. The van der Waals surface area contributed by atoms with E-state index < -0.39 is 5.97 Å². The molecule has 136 valence electrons. The van der Waals surface area contributed by atoms with E-state index in [2.05, 4.69) is 19.2 Å². The van der Waals surface area contributed by atoms with Crippen LogP contribution >= 0.6 is 0 Å². The third-order valence-electron chi connectivity index (χ3n) is 3.77. The van der Waals surface area contributed by atoms with E-state index in [1.54, 1.807) is 18.2 Å². The molecule has 0 spiro atoms. The smallest absolute Gasteiger partial charge is 0.303 e. The minimum absolute atomic E-state index is 0.00914. The van der Waals surface area contributed by atoms with Gasteiger partial charge in [-0.2, -0.15) is 0 Å². The summed E-state index contributed by atoms with van der Waals surface area (Å²) < 4.78 is 0. The molecule has 0 saturated carbocycles. The lowest BCUT2D eigenvalue weighted by Crippen LogP contribution is -2.10. The summed E-state index contributed by atoms with van der Waals surface area (Å²) in [5.74, 6) is -0.876. The van der Waals surface area contributed by atoms with Crippen molar-refractivity contribution in [1.29, 1.82) is 0 Å². The Kier molecular flexibility index (Phi) is 8.47. The zero-order chi connectivity index (χ0) is 18.8. The molecular formula is C20H27NO4. The Hall–Kier alpha value is -2.56. The van der Waals surface area contributed by atoms with Crippen LogP contribution in [0.3, 0.4) is 0 Å². The van der Waals surface area contributed by atoms with Crippen LogP contribution in [-0.2, 0) is 9.59 Å². The topological polar surface area (TPSA) is 86.6 Å². The highest BCUT2D eigenvalue weighted by atomic mass is 16.4. The number of phenols is 1. The van der Waals surface area contributed by atoms with Crippen LogP contribution in [0, 0.1) is 5.92 Å². The van der Waals surface area contributed by atoms with Gasteiger partial charge in [0.25, 0.3) is 0 Å². The molecule has 0 bridgehead atoms. The van der Waals surface area contributed by atoms with E-state index in [0.717, 1.165) is 12.0 Å². The van der Waals surface area contributed by atoms with Crippen LogP contribution in [0.2, 0.25) is 0 Å². The fraction of sp³-hybridized carbons (Fsp3) is 0.400. The molecule has 1 aromatic rings. The molecule has 1 atom stereocenters. The fourth-order valence-electron chi connectivity index (χ4n) is 2.36. The lowest BCUT2D eigenvalue weighted by Gasteiger charge is -2.15. The highest BCUT2D eigenvalue weighted by Crippen LogP contribution is 2.31. The summed E-state index contributed by atoms with van der Waals surface area (Å²) in [5.41, 5.74) is 1.06. The van der Waals surface area contributed by atoms with Gasteiger partial charge in [0.1, 0.15) is 5.75 Å². The predicted octanol–water partition coefficient (Wildman–Crippen LogP) is 4.46. The van der Waals surface area contributed by atoms with Crippen LogP contribution in [0.1, 0.15) is 51.5 Å². The Morgan fingerprint density at radius 3 is 2.56 bits per heavy atom. The van der Waals surface area contributed by atoms with Crippen LogP contribution < -0.4 is 5.32 Å². The minimum Gasteiger partial charge on any atom is -0.506 e. The lowest BCUT2D eigenvalue weighted by atomic mass is 9.93. The maximum absolute atomic E-state index is 12.0. The van der Waals surface area contributed by atoms with E-state index in [-0.39, 0.29) is 29.7 Å². The molecule has 3 N–H and O–H groups in total. The van der Waals surface area contributed by atoms with Gasteiger partial charge in [-0.3, -0.25) is 9.59 Å². The van der Waals surface area contributed by atoms with Crippen LogP contribution in [0.25, 0.3) is 0 Å². The molecule has 0 heterocycles. The standard InChI is InChI=1S/C20H27NO4/c1-4-15(13-20(24)25)16-10-11-18(22)17(12-16)21-19(23)9-7-5-6-8-14(2)3/h5-7,9-12,14-15,22H,4,8,13H2,1-3H3,(H,21,23)(H,24,25)/b6-5+,9-7+. The molecule has 0 radical (unpaired) electrons. The van der Waals surface area contributed by atoms with Gasteiger partial charge >= 0.3 is 5.97 Å². The van der Waals surface area contributed by atoms with Crippen molar-refractivity contribution < 1.29 is 19.8 Å². The minimum atomic E-state index is -0.873. The zero-order valence-corrected chi connectivity index (χ0v) is 15.0. The molecule has 5 nitrogen and oxygen atoms in total. The maximum Gasteiger partial charge on any atom is 0.303 e. The summed E-state index contributed by atoms with van der Waals surface area (Å²) in [6.07, 6.45) is 8.45. The number of nitrogens with one attached hydrogen (secondary N) is 1. The van der Waals surface area contributed by atoms with Gasteiger partial charge in [-0.1, -0.05) is 45.1 Å². The number of anilines is 1. The molecule has 1 unspecified atom stereocenters. The summed E-state index contributed by atoms with van der Waals surface area (Å²) in [4.78, 5) is 22.9.